The molecule has 0 bridgehead atoms. The second kappa shape index (κ2) is 7.91. The number of likely N-dealkylation sites (tertiary alicyclic amines) is 1. The van der Waals surface area contributed by atoms with Gasteiger partial charge in [-0.2, -0.15) is 0 Å². The lowest BCUT2D eigenvalue weighted by atomic mass is 10.00. The van der Waals surface area contributed by atoms with Crippen LogP contribution in [0.4, 0.5) is 0 Å². The molecule has 1 fully saturated rings. The molecule has 0 aliphatic carbocycles. The second-order valence-electron chi connectivity index (χ2n) is 5.34. The largest absolute Gasteiger partial charge is 0.494 e. The van der Waals surface area contributed by atoms with E-state index in [4.69, 9.17) is 9.47 Å². The number of ether oxygens (including phenoxy) is 2. The molecule has 1 unspecified atom stereocenters. The van der Waals surface area contributed by atoms with Crippen molar-refractivity contribution in [2.75, 3.05) is 19.8 Å². The Labute approximate surface area is 127 Å². The maximum absolute atomic E-state index is 12.3. The number of rotatable bonds is 6. The first kappa shape index (κ1) is 15.7. The molecule has 116 valence electrons. The van der Waals surface area contributed by atoms with Crippen molar-refractivity contribution in [2.45, 2.75) is 45.6 Å². The van der Waals surface area contributed by atoms with Gasteiger partial charge in [-0.05, 0) is 44.7 Å². The maximum atomic E-state index is 12.3. The number of hydrogen-bond donors (Lipinski definition) is 0. The normalized spacial score (nSPS) is 18.4. The summed E-state index contributed by atoms with van der Waals surface area (Å²) in [7, 11) is 0. The van der Waals surface area contributed by atoms with Crippen molar-refractivity contribution in [1.82, 2.24) is 4.90 Å². The summed E-state index contributed by atoms with van der Waals surface area (Å²) in [5, 5.41) is 0. The highest BCUT2D eigenvalue weighted by molar-refractivity contribution is 5.78. The van der Waals surface area contributed by atoms with E-state index in [1.165, 1.54) is 6.42 Å². The van der Waals surface area contributed by atoms with Crippen LogP contribution in [0.2, 0.25) is 0 Å². The molecule has 1 aliphatic heterocycles. The molecule has 4 nitrogen and oxygen atoms in total. The zero-order valence-electron chi connectivity index (χ0n) is 13.0. The number of amides is 1. The van der Waals surface area contributed by atoms with Gasteiger partial charge in [-0.1, -0.05) is 13.0 Å². The van der Waals surface area contributed by atoms with E-state index >= 15 is 0 Å². The van der Waals surface area contributed by atoms with Crippen LogP contribution in [0, 0.1) is 0 Å². The monoisotopic (exact) mass is 291 g/mol. The average Bonchev–Trinajstić information content (AvgIpc) is 2.53. The SMILES string of the molecule is CCOc1cccc(OCC(=O)N2CCCCC2CC)c1. The number of hydrogen-bond acceptors (Lipinski definition) is 3. The van der Waals surface area contributed by atoms with Gasteiger partial charge in [0.2, 0.25) is 0 Å². The molecule has 0 radical (unpaired) electrons. The minimum atomic E-state index is 0.0864. The Morgan fingerprint density at radius 1 is 1.24 bits per heavy atom. The number of nitrogens with zero attached hydrogens (tertiary/aromatic N) is 1. The molecule has 1 heterocycles. The molecular weight excluding hydrogens is 266 g/mol. The van der Waals surface area contributed by atoms with E-state index in [0.29, 0.717) is 18.4 Å². The van der Waals surface area contributed by atoms with Crippen LogP contribution < -0.4 is 9.47 Å². The third kappa shape index (κ3) is 4.38. The zero-order chi connectivity index (χ0) is 15.1. The smallest absolute Gasteiger partial charge is 0.260 e. The Kier molecular flexibility index (Phi) is 5.90. The first-order valence-corrected chi connectivity index (χ1v) is 7.89. The van der Waals surface area contributed by atoms with Crippen molar-refractivity contribution in [3.8, 4) is 11.5 Å². The molecule has 1 amide bonds. The van der Waals surface area contributed by atoms with Crippen LogP contribution in [0.15, 0.2) is 24.3 Å². The Morgan fingerprint density at radius 2 is 2.00 bits per heavy atom. The number of piperidine rings is 1. The molecule has 21 heavy (non-hydrogen) atoms. The highest BCUT2D eigenvalue weighted by Gasteiger charge is 2.25. The Morgan fingerprint density at radius 3 is 2.71 bits per heavy atom. The fraction of sp³-hybridized carbons (Fsp3) is 0.588. The molecular formula is C17H25NO3. The first-order chi connectivity index (χ1) is 10.2. The van der Waals surface area contributed by atoms with Crippen LogP contribution in [0.1, 0.15) is 39.5 Å². The fourth-order valence-electron chi connectivity index (χ4n) is 2.80. The molecule has 1 aliphatic rings. The predicted octanol–water partition coefficient (Wildman–Crippen LogP) is 3.26. The lowest BCUT2D eigenvalue weighted by molar-refractivity contribution is -0.137. The summed E-state index contributed by atoms with van der Waals surface area (Å²) >= 11 is 0. The van der Waals surface area contributed by atoms with Crippen molar-refractivity contribution in [2.24, 2.45) is 0 Å². The van der Waals surface area contributed by atoms with E-state index in [1.807, 2.05) is 36.1 Å². The summed E-state index contributed by atoms with van der Waals surface area (Å²) in [5.41, 5.74) is 0. The van der Waals surface area contributed by atoms with E-state index < -0.39 is 0 Å². The molecule has 0 N–H and O–H groups in total. The maximum Gasteiger partial charge on any atom is 0.260 e. The molecule has 0 aromatic heterocycles. The molecule has 4 heteroatoms. The van der Waals surface area contributed by atoms with Gasteiger partial charge < -0.3 is 14.4 Å². The van der Waals surface area contributed by atoms with Gasteiger partial charge in [-0.15, -0.1) is 0 Å². The molecule has 1 atom stereocenters. The number of benzene rings is 1. The Hall–Kier alpha value is -1.71. The van der Waals surface area contributed by atoms with Crippen molar-refractivity contribution in [3.05, 3.63) is 24.3 Å². The number of carbonyl (C=O) groups excluding carboxylic acids is 1. The highest BCUT2D eigenvalue weighted by atomic mass is 16.5. The minimum absolute atomic E-state index is 0.0864. The van der Waals surface area contributed by atoms with Gasteiger partial charge in [0, 0.05) is 18.7 Å². The van der Waals surface area contributed by atoms with E-state index in [2.05, 4.69) is 6.92 Å². The Balaban J connectivity index is 1.89. The van der Waals surface area contributed by atoms with Gasteiger partial charge in [-0.25, -0.2) is 0 Å². The second-order valence-corrected chi connectivity index (χ2v) is 5.34. The lowest BCUT2D eigenvalue weighted by Crippen LogP contribution is -2.45. The topological polar surface area (TPSA) is 38.8 Å². The standard InChI is InChI=1S/C17H25NO3/c1-3-14-8-5-6-11-18(14)17(19)13-21-16-10-7-9-15(12-16)20-4-2/h7,9-10,12,14H,3-6,8,11,13H2,1-2H3. The molecule has 1 saturated heterocycles. The summed E-state index contributed by atoms with van der Waals surface area (Å²) in [4.78, 5) is 14.3. The van der Waals surface area contributed by atoms with Crippen molar-refractivity contribution >= 4 is 5.91 Å². The van der Waals surface area contributed by atoms with Crippen LogP contribution in [-0.4, -0.2) is 36.6 Å². The van der Waals surface area contributed by atoms with Crippen LogP contribution in [-0.2, 0) is 4.79 Å². The van der Waals surface area contributed by atoms with Crippen LogP contribution >= 0.6 is 0 Å². The van der Waals surface area contributed by atoms with Crippen LogP contribution in [0.25, 0.3) is 0 Å². The quantitative estimate of drug-likeness (QED) is 0.807. The third-order valence-corrected chi connectivity index (χ3v) is 3.90. The zero-order valence-corrected chi connectivity index (χ0v) is 13.0. The summed E-state index contributed by atoms with van der Waals surface area (Å²) in [5.74, 6) is 1.54. The van der Waals surface area contributed by atoms with Gasteiger partial charge in [0.25, 0.3) is 5.91 Å². The van der Waals surface area contributed by atoms with Gasteiger partial charge in [0.15, 0.2) is 6.61 Å². The molecule has 0 spiro atoms. The number of carbonyl (C=O) groups is 1. The van der Waals surface area contributed by atoms with Crippen LogP contribution in [0.3, 0.4) is 0 Å². The molecule has 2 rings (SSSR count). The fourth-order valence-corrected chi connectivity index (χ4v) is 2.80. The van der Waals surface area contributed by atoms with Crippen LogP contribution in [0.5, 0.6) is 11.5 Å². The van der Waals surface area contributed by atoms with Gasteiger partial charge >= 0.3 is 0 Å². The summed E-state index contributed by atoms with van der Waals surface area (Å²) in [6.07, 6.45) is 4.45. The average molecular weight is 291 g/mol. The van der Waals surface area contributed by atoms with E-state index in [0.717, 1.165) is 31.6 Å². The van der Waals surface area contributed by atoms with Gasteiger partial charge in [0.05, 0.1) is 6.61 Å². The molecule has 1 aromatic rings. The third-order valence-electron chi connectivity index (χ3n) is 3.90. The lowest BCUT2D eigenvalue weighted by Gasteiger charge is -2.35. The van der Waals surface area contributed by atoms with E-state index in [9.17, 15) is 4.79 Å². The van der Waals surface area contributed by atoms with Crippen molar-refractivity contribution < 1.29 is 14.3 Å². The summed E-state index contributed by atoms with van der Waals surface area (Å²) in [6.45, 7) is 5.67. The van der Waals surface area contributed by atoms with Gasteiger partial charge in [-0.3, -0.25) is 4.79 Å². The highest BCUT2D eigenvalue weighted by Crippen LogP contribution is 2.21. The summed E-state index contributed by atoms with van der Waals surface area (Å²) < 4.78 is 11.1. The summed E-state index contributed by atoms with van der Waals surface area (Å²) in [6, 6.07) is 7.81. The molecule has 0 saturated carbocycles. The van der Waals surface area contributed by atoms with E-state index in [-0.39, 0.29) is 12.5 Å². The Bertz CT molecular complexity index is 461. The molecule has 1 aromatic carbocycles. The van der Waals surface area contributed by atoms with Gasteiger partial charge in [0.1, 0.15) is 11.5 Å². The first-order valence-electron chi connectivity index (χ1n) is 7.89. The predicted molar refractivity (Wildman–Crippen MR) is 82.7 cm³/mol. The van der Waals surface area contributed by atoms with Crippen molar-refractivity contribution in [1.29, 1.82) is 0 Å². The van der Waals surface area contributed by atoms with Crippen molar-refractivity contribution in [3.63, 3.8) is 0 Å². The minimum Gasteiger partial charge on any atom is -0.494 e. The van der Waals surface area contributed by atoms with E-state index in [1.54, 1.807) is 0 Å².